The van der Waals surface area contributed by atoms with E-state index in [1.807, 2.05) is 0 Å². The van der Waals surface area contributed by atoms with Gasteiger partial charge < -0.3 is 10.2 Å². The fraction of sp³-hybridized carbons (Fsp3) is 0.684. The quantitative estimate of drug-likeness (QED) is 0.912. The van der Waals surface area contributed by atoms with Crippen LogP contribution in [0.3, 0.4) is 0 Å². The SMILES string of the molecule is CCC1CCCN(CC2(c3ccccc3)CCNCC2)C1. The maximum absolute atomic E-state index is 3.55. The van der Waals surface area contributed by atoms with E-state index in [2.05, 4.69) is 47.5 Å². The lowest BCUT2D eigenvalue weighted by atomic mass is 9.72. The molecule has 21 heavy (non-hydrogen) atoms. The molecule has 0 bridgehead atoms. The molecule has 3 rings (SSSR count). The first-order chi connectivity index (χ1) is 10.3. The molecule has 0 aliphatic carbocycles. The van der Waals surface area contributed by atoms with Gasteiger partial charge in [0.1, 0.15) is 0 Å². The van der Waals surface area contributed by atoms with Crippen molar-refractivity contribution in [3.63, 3.8) is 0 Å². The largest absolute Gasteiger partial charge is 0.317 e. The summed E-state index contributed by atoms with van der Waals surface area (Å²) in [5.74, 6) is 0.924. The van der Waals surface area contributed by atoms with E-state index in [-0.39, 0.29) is 0 Å². The minimum atomic E-state index is 0.377. The van der Waals surface area contributed by atoms with E-state index in [0.29, 0.717) is 5.41 Å². The second-order valence-electron chi connectivity index (χ2n) is 7.05. The zero-order valence-corrected chi connectivity index (χ0v) is 13.5. The van der Waals surface area contributed by atoms with Crippen LogP contribution in [0.5, 0.6) is 0 Å². The molecule has 2 heterocycles. The minimum absolute atomic E-state index is 0.377. The Labute approximate surface area is 129 Å². The fourth-order valence-electron chi connectivity index (χ4n) is 4.29. The highest BCUT2D eigenvalue weighted by Gasteiger charge is 2.36. The fourth-order valence-corrected chi connectivity index (χ4v) is 4.29. The van der Waals surface area contributed by atoms with Gasteiger partial charge in [-0.25, -0.2) is 0 Å². The summed E-state index contributed by atoms with van der Waals surface area (Å²) < 4.78 is 0. The second-order valence-corrected chi connectivity index (χ2v) is 7.05. The Morgan fingerprint density at radius 3 is 2.67 bits per heavy atom. The molecule has 0 spiro atoms. The number of piperidine rings is 2. The van der Waals surface area contributed by atoms with Gasteiger partial charge >= 0.3 is 0 Å². The van der Waals surface area contributed by atoms with Gasteiger partial charge in [-0.3, -0.25) is 0 Å². The molecule has 2 aliphatic heterocycles. The molecule has 1 unspecified atom stereocenters. The van der Waals surface area contributed by atoms with Crippen LogP contribution < -0.4 is 5.32 Å². The number of nitrogens with zero attached hydrogens (tertiary/aromatic N) is 1. The third kappa shape index (κ3) is 3.49. The Hall–Kier alpha value is -0.860. The Morgan fingerprint density at radius 1 is 1.19 bits per heavy atom. The summed E-state index contributed by atoms with van der Waals surface area (Å²) in [5, 5.41) is 3.55. The molecule has 2 saturated heterocycles. The first-order valence-corrected chi connectivity index (χ1v) is 8.81. The molecule has 2 nitrogen and oxygen atoms in total. The number of nitrogens with one attached hydrogen (secondary N) is 1. The summed E-state index contributed by atoms with van der Waals surface area (Å²) in [5.41, 5.74) is 1.94. The zero-order chi connectivity index (χ0) is 14.5. The van der Waals surface area contributed by atoms with E-state index in [1.54, 1.807) is 5.56 Å². The first kappa shape index (κ1) is 15.1. The zero-order valence-electron chi connectivity index (χ0n) is 13.5. The van der Waals surface area contributed by atoms with Gasteiger partial charge in [-0.05, 0) is 56.8 Å². The monoisotopic (exact) mass is 286 g/mol. The standard InChI is InChI=1S/C19H30N2/c1-2-17-7-6-14-21(15-17)16-19(10-12-20-13-11-19)18-8-4-3-5-9-18/h3-5,8-9,17,20H,2,6-7,10-16H2,1H3. The molecule has 1 N–H and O–H groups in total. The average molecular weight is 286 g/mol. The summed E-state index contributed by atoms with van der Waals surface area (Å²) in [7, 11) is 0. The predicted molar refractivity (Wildman–Crippen MR) is 89.7 cm³/mol. The summed E-state index contributed by atoms with van der Waals surface area (Å²) >= 11 is 0. The van der Waals surface area contributed by atoms with E-state index >= 15 is 0 Å². The molecule has 1 aromatic rings. The lowest BCUT2D eigenvalue weighted by Gasteiger charge is -2.44. The van der Waals surface area contributed by atoms with Gasteiger partial charge in [-0.2, -0.15) is 0 Å². The van der Waals surface area contributed by atoms with Crippen molar-refractivity contribution >= 4 is 0 Å². The number of likely N-dealkylation sites (tertiary alicyclic amines) is 1. The third-order valence-corrected chi connectivity index (χ3v) is 5.65. The topological polar surface area (TPSA) is 15.3 Å². The highest BCUT2D eigenvalue weighted by molar-refractivity contribution is 5.27. The summed E-state index contributed by atoms with van der Waals surface area (Å²) in [6.45, 7) is 8.57. The van der Waals surface area contributed by atoms with E-state index in [4.69, 9.17) is 0 Å². The number of hydrogen-bond donors (Lipinski definition) is 1. The van der Waals surface area contributed by atoms with Crippen molar-refractivity contribution < 1.29 is 0 Å². The molecule has 1 atom stereocenters. The molecular formula is C19H30N2. The summed E-state index contributed by atoms with van der Waals surface area (Å²) in [6, 6.07) is 11.3. The highest BCUT2D eigenvalue weighted by Crippen LogP contribution is 2.35. The molecule has 2 heteroatoms. The lowest BCUT2D eigenvalue weighted by molar-refractivity contribution is 0.120. The average Bonchev–Trinajstić information content (AvgIpc) is 2.57. The molecule has 0 aromatic heterocycles. The van der Waals surface area contributed by atoms with Crippen LogP contribution in [0.15, 0.2) is 30.3 Å². The molecule has 1 aromatic carbocycles. The Morgan fingerprint density at radius 2 is 1.95 bits per heavy atom. The van der Waals surface area contributed by atoms with E-state index in [0.717, 1.165) is 5.92 Å². The van der Waals surface area contributed by atoms with Gasteiger partial charge in [0.05, 0.1) is 0 Å². The van der Waals surface area contributed by atoms with Crippen LogP contribution in [0, 0.1) is 5.92 Å². The smallest absolute Gasteiger partial charge is 0.0104 e. The van der Waals surface area contributed by atoms with Crippen LogP contribution in [-0.4, -0.2) is 37.6 Å². The Kier molecular flexibility index (Phi) is 4.97. The number of benzene rings is 1. The van der Waals surface area contributed by atoms with Gasteiger partial charge in [0, 0.05) is 18.5 Å². The van der Waals surface area contributed by atoms with Gasteiger partial charge in [0.15, 0.2) is 0 Å². The van der Waals surface area contributed by atoms with Gasteiger partial charge in [-0.1, -0.05) is 43.7 Å². The van der Waals surface area contributed by atoms with Gasteiger partial charge in [0.25, 0.3) is 0 Å². The first-order valence-electron chi connectivity index (χ1n) is 8.81. The van der Waals surface area contributed by atoms with Crippen LogP contribution in [0.4, 0.5) is 0 Å². The van der Waals surface area contributed by atoms with Gasteiger partial charge in [0.2, 0.25) is 0 Å². The highest BCUT2D eigenvalue weighted by atomic mass is 15.1. The normalized spacial score (nSPS) is 26.6. The van der Waals surface area contributed by atoms with Crippen LogP contribution in [0.2, 0.25) is 0 Å². The minimum Gasteiger partial charge on any atom is -0.317 e. The van der Waals surface area contributed by atoms with Crippen LogP contribution in [0.25, 0.3) is 0 Å². The molecule has 2 aliphatic rings. The second kappa shape index (κ2) is 6.93. The van der Waals surface area contributed by atoms with Crippen LogP contribution in [-0.2, 0) is 5.41 Å². The van der Waals surface area contributed by atoms with Crippen molar-refractivity contribution in [1.29, 1.82) is 0 Å². The van der Waals surface area contributed by atoms with Crippen molar-refractivity contribution in [2.75, 3.05) is 32.7 Å². The molecular weight excluding hydrogens is 256 g/mol. The molecule has 0 amide bonds. The van der Waals surface area contributed by atoms with Crippen molar-refractivity contribution in [3.05, 3.63) is 35.9 Å². The van der Waals surface area contributed by atoms with Crippen molar-refractivity contribution in [2.24, 2.45) is 5.92 Å². The maximum Gasteiger partial charge on any atom is 0.0104 e. The predicted octanol–water partition coefficient (Wildman–Crippen LogP) is 3.43. The molecule has 2 fully saturated rings. The Balaban J connectivity index is 1.76. The molecule has 116 valence electrons. The van der Waals surface area contributed by atoms with Gasteiger partial charge in [-0.15, -0.1) is 0 Å². The van der Waals surface area contributed by atoms with Crippen molar-refractivity contribution in [1.82, 2.24) is 10.2 Å². The summed E-state index contributed by atoms with van der Waals surface area (Å²) in [4.78, 5) is 2.76. The molecule has 0 radical (unpaired) electrons. The lowest BCUT2D eigenvalue weighted by Crippen LogP contribution is -2.50. The van der Waals surface area contributed by atoms with E-state index < -0.39 is 0 Å². The maximum atomic E-state index is 3.55. The van der Waals surface area contributed by atoms with E-state index in [9.17, 15) is 0 Å². The number of rotatable bonds is 4. The van der Waals surface area contributed by atoms with E-state index in [1.165, 1.54) is 64.8 Å². The Bertz CT molecular complexity index is 422. The molecule has 0 saturated carbocycles. The number of hydrogen-bond acceptors (Lipinski definition) is 2. The summed E-state index contributed by atoms with van der Waals surface area (Å²) in [6.07, 6.45) is 6.74. The third-order valence-electron chi connectivity index (χ3n) is 5.65. The van der Waals surface area contributed by atoms with Crippen LogP contribution >= 0.6 is 0 Å². The van der Waals surface area contributed by atoms with Crippen LogP contribution in [0.1, 0.15) is 44.6 Å². The van der Waals surface area contributed by atoms with Crippen molar-refractivity contribution in [2.45, 2.75) is 44.4 Å². The van der Waals surface area contributed by atoms with Crippen molar-refractivity contribution in [3.8, 4) is 0 Å².